The molecule has 0 aliphatic carbocycles. The van der Waals surface area contributed by atoms with Gasteiger partial charge in [-0.15, -0.1) is 0 Å². The molecule has 0 unspecified atom stereocenters. The van der Waals surface area contributed by atoms with E-state index in [9.17, 15) is 9.18 Å². The molecule has 0 saturated carbocycles. The Kier molecular flexibility index (Phi) is 3.62. The summed E-state index contributed by atoms with van der Waals surface area (Å²) in [6.45, 7) is 0.284. The van der Waals surface area contributed by atoms with Crippen molar-refractivity contribution in [1.82, 2.24) is 19.5 Å². The molecular weight excluding hydrogens is 295 g/mol. The van der Waals surface area contributed by atoms with Crippen LogP contribution in [0.5, 0.6) is 0 Å². The van der Waals surface area contributed by atoms with E-state index in [-0.39, 0.29) is 23.2 Å². The summed E-state index contributed by atoms with van der Waals surface area (Å²) in [6, 6.07) is 6.46. The van der Waals surface area contributed by atoms with E-state index < -0.39 is 0 Å². The molecule has 106 valence electrons. The number of hydrogen-bond donors (Lipinski definition) is 0. The Morgan fingerprint density at radius 2 is 2.00 bits per heavy atom. The summed E-state index contributed by atoms with van der Waals surface area (Å²) < 4.78 is 15.0. The minimum absolute atomic E-state index is 0.0366. The quantitative estimate of drug-likeness (QED) is 0.696. The first-order chi connectivity index (χ1) is 10.1. The van der Waals surface area contributed by atoms with Gasteiger partial charge in [-0.1, -0.05) is 18.2 Å². The zero-order chi connectivity index (χ0) is 14.8. The summed E-state index contributed by atoms with van der Waals surface area (Å²) in [7, 11) is 0. The third kappa shape index (κ3) is 2.75. The molecule has 0 saturated heterocycles. The maximum Gasteiger partial charge on any atom is 0.270 e. The molecule has 3 rings (SSSR count). The van der Waals surface area contributed by atoms with Gasteiger partial charge >= 0.3 is 0 Å². The van der Waals surface area contributed by atoms with E-state index in [1.165, 1.54) is 23.0 Å². The highest BCUT2D eigenvalue weighted by atomic mass is 35.5. The van der Waals surface area contributed by atoms with Gasteiger partial charge in [-0.3, -0.25) is 9.36 Å². The maximum atomic E-state index is 13.6. The molecule has 0 bridgehead atoms. The lowest BCUT2D eigenvalue weighted by atomic mass is 10.1. The van der Waals surface area contributed by atoms with Crippen molar-refractivity contribution in [2.45, 2.75) is 13.0 Å². The lowest BCUT2D eigenvalue weighted by Crippen LogP contribution is -2.22. The standard InChI is InChI=1S/C14H10ClFN4O/c15-14-18-7-11-13(19-14)20(12(21)8-17-11)6-5-9-3-1-2-4-10(9)16/h1-4,7-8H,5-6H2. The number of hydrogen-bond acceptors (Lipinski definition) is 4. The van der Waals surface area contributed by atoms with Gasteiger partial charge in [-0.25, -0.2) is 14.4 Å². The monoisotopic (exact) mass is 304 g/mol. The van der Waals surface area contributed by atoms with Crippen molar-refractivity contribution < 1.29 is 4.39 Å². The van der Waals surface area contributed by atoms with E-state index in [1.807, 2.05) is 0 Å². The predicted octanol–water partition coefficient (Wildman–Crippen LogP) is 2.22. The van der Waals surface area contributed by atoms with Crippen LogP contribution in [0.1, 0.15) is 5.56 Å². The molecule has 1 aromatic carbocycles. The zero-order valence-electron chi connectivity index (χ0n) is 10.8. The van der Waals surface area contributed by atoms with Crippen LogP contribution in [0.2, 0.25) is 5.28 Å². The van der Waals surface area contributed by atoms with Crippen LogP contribution < -0.4 is 5.56 Å². The molecule has 7 heteroatoms. The molecule has 0 aliphatic rings. The van der Waals surface area contributed by atoms with Crippen molar-refractivity contribution in [2.24, 2.45) is 0 Å². The molecule has 2 aromatic heterocycles. The predicted molar refractivity (Wildman–Crippen MR) is 76.7 cm³/mol. The molecule has 2 heterocycles. The topological polar surface area (TPSA) is 60.7 Å². The number of benzene rings is 1. The third-order valence-corrected chi connectivity index (χ3v) is 3.30. The second-order valence-corrected chi connectivity index (χ2v) is 4.78. The summed E-state index contributed by atoms with van der Waals surface area (Å²) >= 11 is 5.76. The highest BCUT2D eigenvalue weighted by molar-refractivity contribution is 6.28. The Balaban J connectivity index is 2.00. The van der Waals surface area contributed by atoms with Crippen molar-refractivity contribution in [1.29, 1.82) is 0 Å². The molecule has 21 heavy (non-hydrogen) atoms. The van der Waals surface area contributed by atoms with Gasteiger partial charge in [0.15, 0.2) is 5.65 Å². The largest absolute Gasteiger partial charge is 0.290 e. The van der Waals surface area contributed by atoms with Gasteiger partial charge in [0.25, 0.3) is 5.56 Å². The molecule has 5 nitrogen and oxygen atoms in total. The van der Waals surface area contributed by atoms with E-state index in [4.69, 9.17) is 11.6 Å². The van der Waals surface area contributed by atoms with Crippen molar-refractivity contribution in [3.05, 3.63) is 63.7 Å². The number of aromatic nitrogens is 4. The van der Waals surface area contributed by atoms with Crippen LogP contribution in [-0.2, 0) is 13.0 Å². The van der Waals surface area contributed by atoms with Crippen LogP contribution in [0.25, 0.3) is 11.2 Å². The smallest absolute Gasteiger partial charge is 0.270 e. The molecular formula is C14H10ClFN4O. The summed E-state index contributed by atoms with van der Waals surface area (Å²) in [5.41, 5.74) is 1.04. The summed E-state index contributed by atoms with van der Waals surface area (Å²) in [5, 5.41) is 0.0366. The summed E-state index contributed by atoms with van der Waals surface area (Å²) in [6.07, 6.45) is 3.01. The molecule has 0 atom stereocenters. The van der Waals surface area contributed by atoms with Crippen molar-refractivity contribution >= 4 is 22.8 Å². The van der Waals surface area contributed by atoms with Crippen LogP contribution in [0, 0.1) is 5.82 Å². The second kappa shape index (κ2) is 5.57. The molecule has 3 aromatic rings. The number of aryl methyl sites for hydroxylation is 2. The highest BCUT2D eigenvalue weighted by Crippen LogP contribution is 2.11. The lowest BCUT2D eigenvalue weighted by molar-refractivity contribution is 0.592. The zero-order valence-corrected chi connectivity index (χ0v) is 11.6. The third-order valence-electron chi connectivity index (χ3n) is 3.12. The van der Waals surface area contributed by atoms with Crippen LogP contribution in [0.3, 0.4) is 0 Å². The molecule has 0 spiro atoms. The number of halogens is 2. The van der Waals surface area contributed by atoms with Crippen LogP contribution in [0.15, 0.2) is 41.5 Å². The van der Waals surface area contributed by atoms with Gasteiger partial charge in [-0.2, -0.15) is 4.98 Å². The van der Waals surface area contributed by atoms with Crippen LogP contribution in [-0.4, -0.2) is 19.5 Å². The fourth-order valence-corrected chi connectivity index (χ4v) is 2.21. The normalized spacial score (nSPS) is 11.0. The maximum absolute atomic E-state index is 13.6. The van der Waals surface area contributed by atoms with Gasteiger partial charge < -0.3 is 0 Å². The highest BCUT2D eigenvalue weighted by Gasteiger charge is 2.08. The molecule has 0 amide bonds. The van der Waals surface area contributed by atoms with Gasteiger partial charge in [0.05, 0.1) is 12.4 Å². The minimum Gasteiger partial charge on any atom is -0.290 e. The first-order valence-corrected chi connectivity index (χ1v) is 6.64. The van der Waals surface area contributed by atoms with E-state index in [2.05, 4.69) is 15.0 Å². The van der Waals surface area contributed by atoms with Gasteiger partial charge in [0.1, 0.15) is 11.3 Å². The summed E-state index contributed by atoms with van der Waals surface area (Å²) in [5.74, 6) is -0.295. The van der Waals surface area contributed by atoms with E-state index in [0.29, 0.717) is 23.1 Å². The van der Waals surface area contributed by atoms with Crippen molar-refractivity contribution in [2.75, 3.05) is 0 Å². The van der Waals surface area contributed by atoms with Crippen LogP contribution >= 0.6 is 11.6 Å². The first kappa shape index (κ1) is 13.6. The average molecular weight is 305 g/mol. The van der Waals surface area contributed by atoms with E-state index in [1.54, 1.807) is 18.2 Å². The van der Waals surface area contributed by atoms with Crippen molar-refractivity contribution in [3.63, 3.8) is 0 Å². The Bertz CT molecular complexity index is 865. The Hall–Kier alpha value is -2.34. The number of rotatable bonds is 3. The number of fused-ring (bicyclic) bond motifs is 1. The van der Waals surface area contributed by atoms with Gasteiger partial charge in [0, 0.05) is 6.54 Å². The lowest BCUT2D eigenvalue weighted by Gasteiger charge is -2.09. The molecule has 0 fully saturated rings. The molecule has 0 aliphatic heterocycles. The van der Waals surface area contributed by atoms with Crippen molar-refractivity contribution in [3.8, 4) is 0 Å². The molecule has 0 radical (unpaired) electrons. The Morgan fingerprint density at radius 1 is 1.19 bits per heavy atom. The second-order valence-electron chi connectivity index (χ2n) is 4.44. The van der Waals surface area contributed by atoms with Gasteiger partial charge in [0.2, 0.25) is 5.28 Å². The SMILES string of the molecule is O=c1cnc2cnc(Cl)nc2n1CCc1ccccc1F. The fraction of sp³-hybridized carbons (Fsp3) is 0.143. The number of nitrogens with zero attached hydrogens (tertiary/aromatic N) is 4. The van der Waals surface area contributed by atoms with Crippen LogP contribution in [0.4, 0.5) is 4.39 Å². The summed E-state index contributed by atoms with van der Waals surface area (Å²) in [4.78, 5) is 23.8. The minimum atomic E-state index is -0.311. The Morgan fingerprint density at radius 3 is 2.81 bits per heavy atom. The van der Waals surface area contributed by atoms with Gasteiger partial charge in [-0.05, 0) is 29.7 Å². The van der Waals surface area contributed by atoms with E-state index >= 15 is 0 Å². The average Bonchev–Trinajstić information content (AvgIpc) is 2.48. The fourth-order valence-electron chi connectivity index (χ4n) is 2.08. The molecule has 0 N–H and O–H groups in total. The van der Waals surface area contributed by atoms with E-state index in [0.717, 1.165) is 0 Å². The Labute approximate surface area is 124 Å². The first-order valence-electron chi connectivity index (χ1n) is 6.26.